The molecule has 1 heterocycles. The maximum atomic E-state index is 12.9. The van der Waals surface area contributed by atoms with Crippen LogP contribution in [0.5, 0.6) is 0 Å². The lowest BCUT2D eigenvalue weighted by atomic mass is 9.92. The first-order valence-corrected chi connectivity index (χ1v) is 8.68. The van der Waals surface area contributed by atoms with Gasteiger partial charge in [0.1, 0.15) is 0 Å². The summed E-state index contributed by atoms with van der Waals surface area (Å²) in [6.45, 7) is 3.89. The van der Waals surface area contributed by atoms with E-state index in [0.717, 1.165) is 0 Å². The number of aromatic nitrogens is 1. The molecule has 1 aromatic heterocycles. The van der Waals surface area contributed by atoms with Crippen LogP contribution in [0.3, 0.4) is 0 Å². The van der Waals surface area contributed by atoms with Gasteiger partial charge in [0.05, 0.1) is 23.4 Å². The number of nitrogens with zero attached hydrogens (tertiary/aromatic N) is 2. The van der Waals surface area contributed by atoms with Crippen LogP contribution in [0.15, 0.2) is 53.4 Å². The number of nitrogens with one attached hydrogen (secondary N) is 1. The van der Waals surface area contributed by atoms with Gasteiger partial charge in [-0.05, 0) is 41.8 Å². The average molecular weight is 374 g/mol. The van der Waals surface area contributed by atoms with Crippen molar-refractivity contribution in [1.29, 1.82) is 5.26 Å². The van der Waals surface area contributed by atoms with Crippen LogP contribution in [-0.2, 0) is 0 Å². The van der Waals surface area contributed by atoms with Crippen LogP contribution in [0.2, 0.25) is 0 Å². The minimum atomic E-state index is -0.310. The molecule has 0 fully saturated rings. The molecule has 0 aliphatic heterocycles. The third kappa shape index (κ3) is 3.62. The fourth-order valence-electron chi connectivity index (χ4n) is 3.03. The quantitative estimate of drug-likeness (QED) is 0.465. The zero-order valence-corrected chi connectivity index (χ0v) is 15.6. The van der Waals surface area contributed by atoms with Gasteiger partial charge in [-0.3, -0.25) is 10.2 Å². The molecule has 0 bridgehead atoms. The molecule has 0 aliphatic rings. The molecule has 0 atom stereocenters. The molecule has 140 valence electrons. The Morgan fingerprint density at radius 2 is 2.07 bits per heavy atom. The number of nitrogen functional groups attached to an aromatic ring is 1. The topological polar surface area (TPSA) is 131 Å². The highest BCUT2D eigenvalue weighted by Crippen LogP contribution is 2.25. The van der Waals surface area contributed by atoms with E-state index >= 15 is 0 Å². The molecule has 0 saturated carbocycles. The van der Waals surface area contributed by atoms with Crippen LogP contribution < -0.4 is 16.5 Å². The maximum Gasteiger partial charge on any atom is 0.255 e. The molecule has 5 N–H and O–H groups in total. The van der Waals surface area contributed by atoms with Gasteiger partial charge in [0.2, 0.25) is 5.76 Å². The smallest absolute Gasteiger partial charge is 0.255 e. The molecule has 3 aromatic rings. The number of hydrogen-bond acceptors (Lipinski definition) is 5. The number of carbonyl (C=O) groups is 1. The van der Waals surface area contributed by atoms with E-state index in [1.807, 2.05) is 13.8 Å². The molecule has 7 nitrogen and oxygen atoms in total. The van der Waals surface area contributed by atoms with Crippen molar-refractivity contribution in [3.8, 4) is 6.07 Å². The van der Waals surface area contributed by atoms with Crippen LogP contribution in [0.1, 0.15) is 52.6 Å². The van der Waals surface area contributed by atoms with Gasteiger partial charge in [-0.25, -0.2) is 4.98 Å². The zero-order chi connectivity index (χ0) is 20.3. The summed E-state index contributed by atoms with van der Waals surface area (Å²) in [5.41, 5.74) is 9.51. The lowest BCUT2D eigenvalue weighted by Gasteiger charge is -2.15. The van der Waals surface area contributed by atoms with Gasteiger partial charge >= 0.3 is 0 Å². The summed E-state index contributed by atoms with van der Waals surface area (Å²) >= 11 is 0. The number of nitriles is 1. The number of amides is 1. The van der Waals surface area contributed by atoms with Crippen LogP contribution in [0.25, 0.3) is 0 Å². The Morgan fingerprint density at radius 1 is 1.29 bits per heavy atom. The third-order valence-corrected chi connectivity index (χ3v) is 4.35. The Kier molecular flexibility index (Phi) is 5.23. The van der Waals surface area contributed by atoms with Crippen LogP contribution >= 0.6 is 0 Å². The molecule has 0 aliphatic carbocycles. The van der Waals surface area contributed by atoms with Crippen LogP contribution in [-0.4, -0.2) is 16.6 Å². The van der Waals surface area contributed by atoms with Crippen molar-refractivity contribution < 1.29 is 14.6 Å². The highest BCUT2D eigenvalue weighted by atomic mass is 16.3. The highest BCUT2D eigenvalue weighted by Gasteiger charge is 2.20. The number of anilines is 2. The minimum absolute atomic E-state index is 0.0222. The predicted molar refractivity (Wildman–Crippen MR) is 106 cm³/mol. The van der Waals surface area contributed by atoms with Gasteiger partial charge < -0.3 is 15.5 Å². The molecule has 0 saturated heterocycles. The summed E-state index contributed by atoms with van der Waals surface area (Å²) in [7, 11) is 0. The third-order valence-electron chi connectivity index (χ3n) is 4.35. The molecule has 28 heavy (non-hydrogen) atoms. The van der Waals surface area contributed by atoms with Crippen molar-refractivity contribution in [2.45, 2.75) is 19.8 Å². The average Bonchev–Trinajstić information content (AvgIpc) is 3.22. The van der Waals surface area contributed by atoms with Crippen molar-refractivity contribution in [2.24, 2.45) is 0 Å². The van der Waals surface area contributed by atoms with Gasteiger partial charge in [-0.15, -0.1) is 0 Å². The van der Waals surface area contributed by atoms with Gasteiger partial charge in [-0.2, -0.15) is 5.26 Å². The first kappa shape index (κ1) is 18.9. The van der Waals surface area contributed by atoms with Crippen molar-refractivity contribution >= 4 is 23.0 Å². The number of hydrogen-bond donors (Lipinski definition) is 3. The predicted octanol–water partition coefficient (Wildman–Crippen LogP) is 2.10. The molecule has 1 amide bonds. The first-order chi connectivity index (χ1) is 13.4. The van der Waals surface area contributed by atoms with Crippen molar-refractivity contribution in [3.05, 3.63) is 77.0 Å². The number of carbonyl (C=O) groups excluding carboxylic acids is 1. The van der Waals surface area contributed by atoms with E-state index in [-0.39, 0.29) is 11.8 Å². The fraction of sp³-hybridized carbons (Fsp3) is 0.143. The van der Waals surface area contributed by atoms with E-state index in [0.29, 0.717) is 45.1 Å². The largest absolute Gasteiger partial charge is 0.437 e. The van der Waals surface area contributed by atoms with E-state index in [2.05, 4.69) is 16.4 Å². The lowest BCUT2D eigenvalue weighted by Crippen LogP contribution is -2.41. The standard InChI is InChI=1S/C21H19N5O2/c1-12(2)19-13(9-22)4-3-5-15(19)21(27)26-14-6-7-17(23)16(8-14)20(24)18-10-25-11-28-18/h3-8,10-12,24H,23H2,1-2H3,(H,26,27)/p+1. The van der Waals surface area contributed by atoms with Crippen LogP contribution in [0, 0.1) is 11.3 Å². The zero-order valence-electron chi connectivity index (χ0n) is 15.6. The minimum Gasteiger partial charge on any atom is -0.437 e. The second kappa shape index (κ2) is 7.76. The van der Waals surface area contributed by atoms with Crippen LogP contribution in [0.4, 0.5) is 11.4 Å². The Balaban J connectivity index is 1.93. The Labute approximate surface area is 162 Å². The van der Waals surface area contributed by atoms with Crippen molar-refractivity contribution in [2.75, 3.05) is 11.1 Å². The summed E-state index contributed by atoms with van der Waals surface area (Å²) in [4.78, 5) is 16.7. The Bertz CT molecular complexity index is 1080. The SMILES string of the molecule is CC(C)c1c(C#N)cccc1C(=O)Nc1ccc(N)c(C(=[NH2+])c2cnco2)c1. The molecular formula is C21H20N5O2+. The van der Waals surface area contributed by atoms with Crippen molar-refractivity contribution in [3.63, 3.8) is 0 Å². The summed E-state index contributed by atoms with van der Waals surface area (Å²) < 4.78 is 5.22. The summed E-state index contributed by atoms with van der Waals surface area (Å²) in [6.07, 6.45) is 2.77. The first-order valence-electron chi connectivity index (χ1n) is 8.68. The Morgan fingerprint density at radius 3 is 2.71 bits per heavy atom. The second-order valence-corrected chi connectivity index (χ2v) is 6.57. The van der Waals surface area contributed by atoms with E-state index in [9.17, 15) is 10.1 Å². The maximum absolute atomic E-state index is 12.9. The molecule has 0 radical (unpaired) electrons. The van der Waals surface area contributed by atoms with E-state index in [1.165, 1.54) is 12.6 Å². The van der Waals surface area contributed by atoms with Gasteiger partial charge in [0.15, 0.2) is 6.39 Å². The van der Waals surface area contributed by atoms with E-state index < -0.39 is 0 Å². The molecule has 7 heteroatoms. The lowest BCUT2D eigenvalue weighted by molar-refractivity contribution is -0.112. The molecule has 0 unspecified atom stereocenters. The van der Waals surface area contributed by atoms with Gasteiger partial charge in [-0.1, -0.05) is 19.9 Å². The summed E-state index contributed by atoms with van der Waals surface area (Å²) in [5.74, 6) is 0.0998. The highest BCUT2D eigenvalue weighted by molar-refractivity contribution is 6.12. The normalized spacial score (nSPS) is 10.5. The number of oxazole rings is 1. The molecule has 2 aromatic carbocycles. The summed E-state index contributed by atoms with van der Waals surface area (Å²) in [6, 6.07) is 12.3. The molecule has 0 spiro atoms. The summed E-state index contributed by atoms with van der Waals surface area (Å²) in [5, 5.41) is 18.3. The van der Waals surface area contributed by atoms with Gasteiger partial charge in [0.25, 0.3) is 11.6 Å². The number of benzene rings is 2. The second-order valence-electron chi connectivity index (χ2n) is 6.57. The van der Waals surface area contributed by atoms with Crippen molar-refractivity contribution in [1.82, 2.24) is 4.98 Å². The van der Waals surface area contributed by atoms with E-state index in [1.54, 1.807) is 36.4 Å². The number of nitrogens with two attached hydrogens (primary N) is 2. The fourth-order valence-corrected chi connectivity index (χ4v) is 3.03. The van der Waals surface area contributed by atoms with Gasteiger partial charge in [0, 0.05) is 16.9 Å². The molecular weight excluding hydrogens is 354 g/mol. The Hall–Kier alpha value is -3.92. The number of rotatable bonds is 5. The van der Waals surface area contributed by atoms with E-state index in [4.69, 9.17) is 15.6 Å². The molecule has 3 rings (SSSR count). The monoisotopic (exact) mass is 374 g/mol.